The van der Waals surface area contributed by atoms with Gasteiger partial charge in [-0.15, -0.1) is 0 Å². The van der Waals surface area contributed by atoms with Gasteiger partial charge >= 0.3 is 0 Å². The van der Waals surface area contributed by atoms with Gasteiger partial charge in [-0.05, 0) is 33.2 Å². The normalized spacial score (nSPS) is 22.8. The van der Waals surface area contributed by atoms with E-state index in [9.17, 15) is 4.79 Å². The molecular weight excluding hydrogens is 266 g/mol. The van der Waals surface area contributed by atoms with Crippen molar-refractivity contribution in [3.63, 3.8) is 0 Å². The molecule has 21 heavy (non-hydrogen) atoms. The third-order valence-electron chi connectivity index (χ3n) is 4.42. The van der Waals surface area contributed by atoms with Crippen molar-refractivity contribution in [2.24, 2.45) is 7.05 Å². The maximum Gasteiger partial charge on any atom is 0.251 e. The number of H-pyrrole nitrogens is 1. The number of aromatic amines is 1. The average molecular weight is 287 g/mol. The Morgan fingerprint density at radius 1 is 1.48 bits per heavy atom. The van der Waals surface area contributed by atoms with Crippen LogP contribution in [0.4, 0.5) is 0 Å². The van der Waals surface area contributed by atoms with Crippen LogP contribution >= 0.6 is 0 Å². The summed E-state index contributed by atoms with van der Waals surface area (Å²) in [5.41, 5.74) is 0.443. The number of nitrogens with zero attached hydrogens (tertiary/aromatic N) is 4. The van der Waals surface area contributed by atoms with Crippen molar-refractivity contribution < 1.29 is 0 Å². The van der Waals surface area contributed by atoms with Gasteiger partial charge in [-0.2, -0.15) is 0 Å². The van der Waals surface area contributed by atoms with E-state index in [1.54, 1.807) is 0 Å². The van der Waals surface area contributed by atoms with Crippen LogP contribution in [0.5, 0.6) is 0 Å². The van der Waals surface area contributed by atoms with Crippen molar-refractivity contribution in [2.75, 3.05) is 6.54 Å². The molecule has 1 aliphatic rings. The van der Waals surface area contributed by atoms with E-state index in [0.717, 1.165) is 43.3 Å². The second-order valence-corrected chi connectivity index (χ2v) is 5.99. The van der Waals surface area contributed by atoms with E-state index < -0.39 is 0 Å². The smallest absolute Gasteiger partial charge is 0.251 e. The number of rotatable bonds is 3. The minimum absolute atomic E-state index is 0.0810. The second kappa shape index (κ2) is 5.11. The Balaban J connectivity index is 1.94. The van der Waals surface area contributed by atoms with Crippen molar-refractivity contribution >= 4 is 0 Å². The highest BCUT2D eigenvalue weighted by molar-refractivity contribution is 5.12. The van der Waals surface area contributed by atoms with Crippen LogP contribution in [0, 0.1) is 6.92 Å². The lowest BCUT2D eigenvalue weighted by Gasteiger charge is -2.34. The van der Waals surface area contributed by atoms with E-state index in [2.05, 4.69) is 26.8 Å². The van der Waals surface area contributed by atoms with Crippen LogP contribution < -0.4 is 5.56 Å². The molecule has 0 saturated carbocycles. The maximum absolute atomic E-state index is 11.8. The van der Waals surface area contributed by atoms with Crippen LogP contribution in [0.25, 0.3) is 0 Å². The molecule has 0 unspecified atom stereocenters. The first-order chi connectivity index (χ1) is 9.99. The van der Waals surface area contributed by atoms with Gasteiger partial charge in [-0.3, -0.25) is 9.69 Å². The van der Waals surface area contributed by atoms with Crippen LogP contribution in [0.1, 0.15) is 37.1 Å². The number of nitrogens with one attached hydrogen (secondary N) is 1. The van der Waals surface area contributed by atoms with E-state index in [1.807, 2.05) is 30.9 Å². The number of imidazole rings is 1. The lowest BCUT2D eigenvalue weighted by Crippen LogP contribution is -2.41. The van der Waals surface area contributed by atoms with Gasteiger partial charge in [0.25, 0.3) is 5.56 Å². The largest absolute Gasteiger partial charge is 0.337 e. The number of hydrogen-bond acceptors (Lipinski definition) is 4. The molecule has 3 rings (SSSR count). The molecular formula is C15H21N5O. The lowest BCUT2D eigenvalue weighted by molar-refractivity contribution is 0.132. The molecule has 2 aromatic rings. The van der Waals surface area contributed by atoms with Crippen LogP contribution in [-0.4, -0.2) is 31.0 Å². The van der Waals surface area contributed by atoms with Crippen LogP contribution in [0.15, 0.2) is 23.3 Å². The summed E-state index contributed by atoms with van der Waals surface area (Å²) in [7, 11) is 2.00. The first-order valence-corrected chi connectivity index (χ1v) is 7.29. The average Bonchev–Trinajstić information content (AvgIpc) is 2.98. The molecule has 2 aromatic heterocycles. The monoisotopic (exact) mass is 287 g/mol. The fraction of sp³-hybridized carbons (Fsp3) is 0.533. The van der Waals surface area contributed by atoms with Crippen molar-refractivity contribution in [1.29, 1.82) is 0 Å². The Labute approximate surface area is 123 Å². The molecule has 3 heterocycles. The van der Waals surface area contributed by atoms with Crippen molar-refractivity contribution in [3.05, 3.63) is 46.2 Å². The molecule has 112 valence electrons. The van der Waals surface area contributed by atoms with Crippen molar-refractivity contribution in [3.8, 4) is 0 Å². The Morgan fingerprint density at radius 2 is 2.29 bits per heavy atom. The molecule has 0 aliphatic carbocycles. The quantitative estimate of drug-likeness (QED) is 0.924. The molecule has 1 atom stereocenters. The van der Waals surface area contributed by atoms with Crippen molar-refractivity contribution in [1.82, 2.24) is 24.4 Å². The second-order valence-electron chi connectivity index (χ2n) is 5.99. The Bertz CT molecular complexity index is 704. The van der Waals surface area contributed by atoms with Gasteiger partial charge in [0.05, 0.1) is 12.1 Å². The standard InChI is InChI=1S/C15H21N5O/c1-11-9-13(21)18-14(17-11)15(2)5-4-7-20(15)10-12-16-6-8-19(12)3/h6,8-9H,4-5,7,10H2,1-3H3,(H,17,18,21)/t15-/m1/s1. The molecule has 0 bridgehead atoms. The molecule has 1 aliphatic heterocycles. The molecule has 0 spiro atoms. The molecule has 0 radical (unpaired) electrons. The van der Waals surface area contributed by atoms with Gasteiger partial charge in [0, 0.05) is 31.2 Å². The van der Waals surface area contributed by atoms with Gasteiger partial charge in [-0.25, -0.2) is 9.97 Å². The number of likely N-dealkylation sites (tertiary alicyclic amines) is 1. The fourth-order valence-electron chi connectivity index (χ4n) is 3.09. The van der Waals surface area contributed by atoms with Gasteiger partial charge in [0.15, 0.2) is 0 Å². The first-order valence-electron chi connectivity index (χ1n) is 7.29. The predicted molar refractivity (Wildman–Crippen MR) is 79.8 cm³/mol. The van der Waals surface area contributed by atoms with Gasteiger partial charge < -0.3 is 9.55 Å². The van der Waals surface area contributed by atoms with Gasteiger partial charge in [0.2, 0.25) is 0 Å². The van der Waals surface area contributed by atoms with E-state index >= 15 is 0 Å². The van der Waals surface area contributed by atoms with Crippen LogP contribution in [0.3, 0.4) is 0 Å². The van der Waals surface area contributed by atoms with Gasteiger partial charge in [0.1, 0.15) is 11.6 Å². The van der Waals surface area contributed by atoms with Crippen molar-refractivity contribution in [2.45, 2.75) is 38.8 Å². The molecule has 1 saturated heterocycles. The summed E-state index contributed by atoms with van der Waals surface area (Å²) < 4.78 is 2.03. The summed E-state index contributed by atoms with van der Waals surface area (Å²) in [6, 6.07) is 1.53. The number of aryl methyl sites for hydroxylation is 2. The topological polar surface area (TPSA) is 66.8 Å². The molecule has 1 fully saturated rings. The van der Waals surface area contributed by atoms with E-state index in [1.165, 1.54) is 6.07 Å². The summed E-state index contributed by atoms with van der Waals surface area (Å²) in [5, 5.41) is 0. The highest BCUT2D eigenvalue weighted by Gasteiger charge is 2.40. The molecule has 6 nitrogen and oxygen atoms in total. The Morgan fingerprint density at radius 3 is 2.95 bits per heavy atom. The highest BCUT2D eigenvalue weighted by Crippen LogP contribution is 2.37. The van der Waals surface area contributed by atoms with Crippen LogP contribution in [-0.2, 0) is 19.1 Å². The Kier molecular flexibility index (Phi) is 3.41. The van der Waals surface area contributed by atoms with E-state index in [4.69, 9.17) is 0 Å². The number of aromatic nitrogens is 4. The van der Waals surface area contributed by atoms with E-state index in [0.29, 0.717) is 0 Å². The third kappa shape index (κ3) is 2.51. The Hall–Kier alpha value is -1.95. The maximum atomic E-state index is 11.8. The highest BCUT2D eigenvalue weighted by atomic mass is 16.1. The molecule has 0 amide bonds. The summed E-state index contributed by atoms with van der Waals surface area (Å²) in [6.45, 7) is 5.76. The summed E-state index contributed by atoms with van der Waals surface area (Å²) in [6.07, 6.45) is 5.85. The zero-order chi connectivity index (χ0) is 15.0. The summed E-state index contributed by atoms with van der Waals surface area (Å²) >= 11 is 0. The fourth-order valence-corrected chi connectivity index (χ4v) is 3.09. The summed E-state index contributed by atoms with van der Waals surface area (Å²) in [5.74, 6) is 1.79. The minimum atomic E-state index is -0.239. The molecule has 6 heteroatoms. The number of hydrogen-bond donors (Lipinski definition) is 1. The first kappa shape index (κ1) is 14.0. The summed E-state index contributed by atoms with van der Waals surface area (Å²) in [4.78, 5) is 26.0. The third-order valence-corrected chi connectivity index (χ3v) is 4.42. The minimum Gasteiger partial charge on any atom is -0.337 e. The SMILES string of the molecule is Cc1cc(=O)[nH]c([C@@]2(C)CCCN2Cc2nccn2C)n1. The lowest BCUT2D eigenvalue weighted by atomic mass is 9.97. The van der Waals surface area contributed by atoms with E-state index in [-0.39, 0.29) is 11.1 Å². The van der Waals surface area contributed by atoms with Gasteiger partial charge in [-0.1, -0.05) is 0 Å². The molecule has 1 N–H and O–H groups in total. The zero-order valence-electron chi connectivity index (χ0n) is 12.8. The molecule has 0 aromatic carbocycles. The predicted octanol–water partition coefficient (Wildman–Crippen LogP) is 1.32. The zero-order valence-corrected chi connectivity index (χ0v) is 12.8. The van der Waals surface area contributed by atoms with Crippen LogP contribution in [0.2, 0.25) is 0 Å².